The van der Waals surface area contributed by atoms with Crippen LogP contribution in [0.5, 0.6) is 0 Å². The molecule has 98 valence electrons. The summed E-state index contributed by atoms with van der Waals surface area (Å²) in [5.41, 5.74) is 1.05. The lowest BCUT2D eigenvalue weighted by molar-refractivity contribution is 0.187. The van der Waals surface area contributed by atoms with E-state index in [2.05, 4.69) is 28.0 Å². The van der Waals surface area contributed by atoms with Gasteiger partial charge < -0.3 is 14.6 Å². The third-order valence-corrected chi connectivity index (χ3v) is 2.75. The summed E-state index contributed by atoms with van der Waals surface area (Å²) in [6.45, 7) is 6.83. The first-order chi connectivity index (χ1) is 8.27. The summed E-state index contributed by atoms with van der Waals surface area (Å²) in [6, 6.07) is 0. The Morgan fingerprint density at radius 1 is 1.35 bits per heavy atom. The molecule has 0 atom stereocenters. The molecule has 0 spiro atoms. The fourth-order valence-corrected chi connectivity index (χ4v) is 1.80. The third-order valence-electron chi connectivity index (χ3n) is 2.75. The molecule has 0 unspecified atom stereocenters. The highest BCUT2D eigenvalue weighted by molar-refractivity contribution is 5.28. The highest BCUT2D eigenvalue weighted by Crippen LogP contribution is 2.09. The molecule has 17 heavy (non-hydrogen) atoms. The molecule has 4 heteroatoms. The molecule has 0 bridgehead atoms. The highest BCUT2D eigenvalue weighted by Gasteiger charge is 2.04. The van der Waals surface area contributed by atoms with Crippen molar-refractivity contribution < 1.29 is 4.74 Å². The van der Waals surface area contributed by atoms with Crippen LogP contribution in [0.25, 0.3) is 0 Å². The van der Waals surface area contributed by atoms with Crippen molar-refractivity contribution in [2.24, 2.45) is 0 Å². The molecule has 0 saturated carbocycles. The van der Waals surface area contributed by atoms with Gasteiger partial charge >= 0.3 is 0 Å². The van der Waals surface area contributed by atoms with Gasteiger partial charge in [0.1, 0.15) is 0 Å². The molecule has 4 nitrogen and oxygen atoms in total. The molecule has 0 aliphatic rings. The number of imidazole rings is 1. The Labute approximate surface area is 104 Å². The lowest BCUT2D eigenvalue weighted by Crippen LogP contribution is -2.11. The topological polar surface area (TPSA) is 39.1 Å². The fourth-order valence-electron chi connectivity index (χ4n) is 1.80. The predicted molar refractivity (Wildman–Crippen MR) is 71.5 cm³/mol. The van der Waals surface area contributed by atoms with Crippen LogP contribution in [0.4, 0.5) is 5.95 Å². The number of rotatable bonds is 9. The second-order valence-corrected chi connectivity index (χ2v) is 4.38. The zero-order valence-corrected chi connectivity index (χ0v) is 11.3. The standard InChI is InChI=1S/C13H25N3O/c1-4-5-6-7-8-14-13-15-12(2)11-16(13)9-10-17-3/h11H,4-10H2,1-3H3,(H,14,15). The van der Waals surface area contributed by atoms with Crippen LogP contribution in [-0.4, -0.2) is 29.8 Å². The highest BCUT2D eigenvalue weighted by atomic mass is 16.5. The normalized spacial score (nSPS) is 10.8. The summed E-state index contributed by atoms with van der Waals surface area (Å²) in [6.07, 6.45) is 7.17. The van der Waals surface area contributed by atoms with Gasteiger partial charge in [-0.3, -0.25) is 0 Å². The van der Waals surface area contributed by atoms with Gasteiger partial charge in [0.15, 0.2) is 0 Å². The Hall–Kier alpha value is -1.03. The average molecular weight is 239 g/mol. The third kappa shape index (κ3) is 5.22. The van der Waals surface area contributed by atoms with Crippen LogP contribution in [0, 0.1) is 6.92 Å². The number of aromatic nitrogens is 2. The van der Waals surface area contributed by atoms with Crippen molar-refractivity contribution in [1.82, 2.24) is 9.55 Å². The van der Waals surface area contributed by atoms with E-state index < -0.39 is 0 Å². The molecule has 1 rings (SSSR count). The van der Waals surface area contributed by atoms with Crippen LogP contribution in [0.15, 0.2) is 6.20 Å². The Morgan fingerprint density at radius 2 is 2.18 bits per heavy atom. The Morgan fingerprint density at radius 3 is 2.88 bits per heavy atom. The van der Waals surface area contributed by atoms with E-state index in [0.717, 1.165) is 31.3 Å². The lowest BCUT2D eigenvalue weighted by Gasteiger charge is -2.08. The maximum Gasteiger partial charge on any atom is 0.203 e. The molecular weight excluding hydrogens is 214 g/mol. The number of methoxy groups -OCH3 is 1. The number of nitrogens with zero attached hydrogens (tertiary/aromatic N) is 2. The van der Waals surface area contributed by atoms with Gasteiger partial charge in [-0.15, -0.1) is 0 Å². The minimum absolute atomic E-state index is 0.723. The minimum Gasteiger partial charge on any atom is -0.383 e. The zero-order chi connectivity index (χ0) is 12.5. The van der Waals surface area contributed by atoms with E-state index >= 15 is 0 Å². The molecule has 0 fully saturated rings. The van der Waals surface area contributed by atoms with E-state index in [4.69, 9.17) is 4.74 Å². The minimum atomic E-state index is 0.723. The Balaban J connectivity index is 2.35. The van der Waals surface area contributed by atoms with Crippen LogP contribution in [0.2, 0.25) is 0 Å². The largest absolute Gasteiger partial charge is 0.383 e. The summed E-state index contributed by atoms with van der Waals surface area (Å²) >= 11 is 0. The fraction of sp³-hybridized carbons (Fsp3) is 0.769. The summed E-state index contributed by atoms with van der Waals surface area (Å²) in [5.74, 6) is 0.969. The van der Waals surface area contributed by atoms with E-state index in [1.54, 1.807) is 7.11 Å². The van der Waals surface area contributed by atoms with E-state index in [1.807, 2.05) is 6.92 Å². The molecule has 1 aromatic rings. The summed E-state index contributed by atoms with van der Waals surface area (Å²) < 4.78 is 7.21. The Bertz CT molecular complexity index is 310. The number of unbranched alkanes of at least 4 members (excludes halogenated alkanes) is 3. The molecule has 1 heterocycles. The van der Waals surface area contributed by atoms with Gasteiger partial charge in [0.2, 0.25) is 5.95 Å². The van der Waals surface area contributed by atoms with Crippen molar-refractivity contribution in [3.63, 3.8) is 0 Å². The first-order valence-electron chi connectivity index (χ1n) is 6.54. The van der Waals surface area contributed by atoms with Crippen LogP contribution >= 0.6 is 0 Å². The number of anilines is 1. The second-order valence-electron chi connectivity index (χ2n) is 4.38. The maximum atomic E-state index is 5.09. The molecule has 0 radical (unpaired) electrons. The monoisotopic (exact) mass is 239 g/mol. The van der Waals surface area contributed by atoms with Crippen LogP contribution in [0.1, 0.15) is 38.3 Å². The van der Waals surface area contributed by atoms with Crippen molar-refractivity contribution >= 4 is 5.95 Å². The first-order valence-corrected chi connectivity index (χ1v) is 6.54. The van der Waals surface area contributed by atoms with E-state index in [1.165, 1.54) is 25.7 Å². The summed E-state index contributed by atoms with van der Waals surface area (Å²) in [5, 5.41) is 3.40. The second kappa shape index (κ2) is 8.12. The average Bonchev–Trinajstić information content (AvgIpc) is 2.67. The van der Waals surface area contributed by atoms with Gasteiger partial charge in [0.25, 0.3) is 0 Å². The SMILES string of the molecule is CCCCCCNc1nc(C)cn1CCOC. The first kappa shape index (κ1) is 14.0. The van der Waals surface area contributed by atoms with Gasteiger partial charge in [-0.2, -0.15) is 0 Å². The van der Waals surface area contributed by atoms with Crippen molar-refractivity contribution in [3.05, 3.63) is 11.9 Å². The quantitative estimate of drug-likeness (QED) is 0.673. The summed E-state index contributed by atoms with van der Waals surface area (Å²) in [7, 11) is 1.72. The van der Waals surface area contributed by atoms with E-state index in [9.17, 15) is 0 Å². The number of ether oxygens (including phenoxy) is 1. The van der Waals surface area contributed by atoms with Gasteiger partial charge in [-0.05, 0) is 13.3 Å². The summed E-state index contributed by atoms with van der Waals surface area (Å²) in [4.78, 5) is 4.48. The van der Waals surface area contributed by atoms with Gasteiger partial charge in [-0.1, -0.05) is 26.2 Å². The molecule has 0 aromatic carbocycles. The number of nitrogens with one attached hydrogen (secondary N) is 1. The number of hydrogen-bond donors (Lipinski definition) is 1. The number of hydrogen-bond acceptors (Lipinski definition) is 3. The van der Waals surface area contributed by atoms with Crippen molar-refractivity contribution in [2.45, 2.75) is 46.1 Å². The van der Waals surface area contributed by atoms with Crippen molar-refractivity contribution in [1.29, 1.82) is 0 Å². The van der Waals surface area contributed by atoms with Crippen LogP contribution in [0.3, 0.4) is 0 Å². The molecular formula is C13H25N3O. The molecule has 1 aromatic heterocycles. The molecule has 0 aliphatic heterocycles. The molecule has 0 saturated heterocycles. The van der Waals surface area contributed by atoms with Crippen molar-refractivity contribution in [3.8, 4) is 0 Å². The van der Waals surface area contributed by atoms with Gasteiger partial charge in [0, 0.05) is 26.4 Å². The van der Waals surface area contributed by atoms with Crippen molar-refractivity contribution in [2.75, 3.05) is 25.6 Å². The van der Waals surface area contributed by atoms with E-state index in [0.29, 0.717) is 0 Å². The predicted octanol–water partition coefficient (Wildman–Crippen LogP) is 2.83. The smallest absolute Gasteiger partial charge is 0.203 e. The van der Waals surface area contributed by atoms with Gasteiger partial charge in [0.05, 0.1) is 12.3 Å². The zero-order valence-electron chi connectivity index (χ0n) is 11.3. The lowest BCUT2D eigenvalue weighted by atomic mass is 10.2. The van der Waals surface area contributed by atoms with E-state index in [-0.39, 0.29) is 0 Å². The van der Waals surface area contributed by atoms with Gasteiger partial charge in [-0.25, -0.2) is 4.98 Å². The molecule has 0 amide bonds. The molecule has 0 aliphatic carbocycles. The van der Waals surface area contributed by atoms with Crippen LogP contribution < -0.4 is 5.32 Å². The maximum absolute atomic E-state index is 5.09. The van der Waals surface area contributed by atoms with Crippen LogP contribution in [-0.2, 0) is 11.3 Å². The number of aryl methyl sites for hydroxylation is 1. The molecule has 1 N–H and O–H groups in total. The Kier molecular flexibility index (Phi) is 6.70.